The lowest BCUT2D eigenvalue weighted by Crippen LogP contribution is -2.48. The molecule has 0 radical (unpaired) electrons. The first-order valence-corrected chi connectivity index (χ1v) is 13.0. The number of rotatable bonds is 6. The Labute approximate surface area is 181 Å². The number of carbonyl (C=O) groups excluding carboxylic acids is 1. The van der Waals surface area contributed by atoms with E-state index in [0.29, 0.717) is 43.2 Å². The highest BCUT2D eigenvalue weighted by Crippen LogP contribution is 2.32. The summed E-state index contributed by atoms with van der Waals surface area (Å²) in [5.41, 5.74) is 1.87. The van der Waals surface area contributed by atoms with Crippen LogP contribution in [0.2, 0.25) is 0 Å². The number of hydrogen-bond donors (Lipinski definition) is 0. The van der Waals surface area contributed by atoms with Crippen LogP contribution in [0.4, 0.5) is 5.69 Å². The van der Waals surface area contributed by atoms with E-state index >= 15 is 0 Å². The second kappa shape index (κ2) is 8.97. The maximum atomic E-state index is 13.3. The summed E-state index contributed by atoms with van der Waals surface area (Å²) in [5.74, 6) is 0.131. The van der Waals surface area contributed by atoms with Gasteiger partial charge in [0.25, 0.3) is 0 Å². The van der Waals surface area contributed by atoms with Gasteiger partial charge in [-0.3, -0.25) is 9.69 Å². The van der Waals surface area contributed by atoms with Gasteiger partial charge in [-0.1, -0.05) is 12.8 Å². The molecule has 2 fully saturated rings. The quantitative estimate of drug-likeness (QED) is 0.690. The summed E-state index contributed by atoms with van der Waals surface area (Å²) in [7, 11) is -3.43. The number of fused-ring (bicyclic) bond motifs is 1. The van der Waals surface area contributed by atoms with Crippen molar-refractivity contribution >= 4 is 21.6 Å². The fraction of sp³-hybridized carbons (Fsp3) is 0.696. The number of amides is 1. The summed E-state index contributed by atoms with van der Waals surface area (Å²) in [6.07, 6.45) is 8.42. The lowest BCUT2D eigenvalue weighted by atomic mass is 10.0. The lowest BCUT2D eigenvalue weighted by Gasteiger charge is -2.36. The van der Waals surface area contributed by atoms with Crippen LogP contribution in [-0.4, -0.2) is 61.8 Å². The van der Waals surface area contributed by atoms with E-state index in [1.54, 1.807) is 16.4 Å². The molecule has 6 nitrogen and oxygen atoms in total. The molecule has 4 rings (SSSR count). The van der Waals surface area contributed by atoms with Crippen LogP contribution in [0.1, 0.15) is 64.4 Å². The van der Waals surface area contributed by atoms with Crippen LogP contribution in [0.25, 0.3) is 0 Å². The summed E-state index contributed by atoms with van der Waals surface area (Å²) in [4.78, 5) is 17.9. The van der Waals surface area contributed by atoms with Crippen molar-refractivity contribution in [2.24, 2.45) is 0 Å². The Balaban J connectivity index is 1.54. The van der Waals surface area contributed by atoms with E-state index in [1.807, 2.05) is 11.0 Å². The van der Waals surface area contributed by atoms with Crippen molar-refractivity contribution in [3.63, 3.8) is 0 Å². The molecule has 1 amide bonds. The molecule has 0 unspecified atom stereocenters. The second-order valence-corrected chi connectivity index (χ2v) is 11.2. The maximum Gasteiger partial charge on any atom is 0.243 e. The Morgan fingerprint density at radius 3 is 2.43 bits per heavy atom. The van der Waals surface area contributed by atoms with E-state index < -0.39 is 10.0 Å². The van der Waals surface area contributed by atoms with Crippen LogP contribution in [0.3, 0.4) is 0 Å². The van der Waals surface area contributed by atoms with E-state index in [0.717, 1.165) is 36.9 Å². The SMILES string of the molecule is CC(C)N(CC(=O)N1CCCc2cc(S(=O)(=O)N3CCCC3)ccc21)C1CCCC1. The van der Waals surface area contributed by atoms with Crippen LogP contribution in [-0.2, 0) is 21.2 Å². The molecule has 0 atom stereocenters. The van der Waals surface area contributed by atoms with Gasteiger partial charge in [0.1, 0.15) is 0 Å². The molecule has 0 N–H and O–H groups in total. The van der Waals surface area contributed by atoms with Gasteiger partial charge < -0.3 is 4.90 Å². The van der Waals surface area contributed by atoms with E-state index in [1.165, 1.54) is 25.7 Å². The third-order valence-corrected chi connectivity index (χ3v) is 8.84. The number of aryl methyl sites for hydroxylation is 1. The molecule has 1 saturated carbocycles. The fourth-order valence-corrected chi connectivity index (χ4v) is 6.85. The van der Waals surface area contributed by atoms with Crippen LogP contribution in [0.15, 0.2) is 23.1 Å². The van der Waals surface area contributed by atoms with Crippen molar-refractivity contribution < 1.29 is 13.2 Å². The van der Waals surface area contributed by atoms with E-state index in [-0.39, 0.29) is 5.91 Å². The molecule has 0 spiro atoms. The van der Waals surface area contributed by atoms with E-state index in [4.69, 9.17) is 0 Å². The number of benzene rings is 1. The normalized spacial score (nSPS) is 21.0. The first-order chi connectivity index (χ1) is 14.4. The summed E-state index contributed by atoms with van der Waals surface area (Å²) in [6.45, 7) is 6.71. The van der Waals surface area contributed by atoms with Gasteiger partial charge in [-0.2, -0.15) is 4.31 Å². The molecule has 1 aromatic rings. The summed E-state index contributed by atoms with van der Waals surface area (Å²) in [6, 6.07) is 6.19. The number of carbonyl (C=O) groups is 1. The minimum atomic E-state index is -3.43. The summed E-state index contributed by atoms with van der Waals surface area (Å²) < 4.78 is 27.5. The Morgan fingerprint density at radius 2 is 1.77 bits per heavy atom. The lowest BCUT2D eigenvalue weighted by molar-refractivity contribution is -0.120. The van der Waals surface area contributed by atoms with Gasteiger partial charge >= 0.3 is 0 Å². The molecule has 2 aliphatic heterocycles. The summed E-state index contributed by atoms with van der Waals surface area (Å²) >= 11 is 0. The van der Waals surface area contributed by atoms with Gasteiger partial charge in [0.15, 0.2) is 0 Å². The molecule has 2 heterocycles. The number of anilines is 1. The summed E-state index contributed by atoms with van der Waals surface area (Å²) in [5, 5.41) is 0. The van der Waals surface area contributed by atoms with Crippen molar-refractivity contribution in [3.8, 4) is 0 Å². The van der Waals surface area contributed by atoms with E-state index in [2.05, 4.69) is 18.7 Å². The molecular weight excluding hydrogens is 398 g/mol. The van der Waals surface area contributed by atoms with Crippen molar-refractivity contribution in [2.75, 3.05) is 31.1 Å². The first-order valence-electron chi connectivity index (χ1n) is 11.6. The third-order valence-electron chi connectivity index (χ3n) is 6.95. The van der Waals surface area contributed by atoms with Gasteiger partial charge in [-0.15, -0.1) is 0 Å². The highest BCUT2D eigenvalue weighted by molar-refractivity contribution is 7.89. The smallest absolute Gasteiger partial charge is 0.243 e. The molecule has 1 aromatic carbocycles. The Hall–Kier alpha value is -1.44. The van der Waals surface area contributed by atoms with Crippen LogP contribution in [0, 0.1) is 0 Å². The van der Waals surface area contributed by atoms with E-state index in [9.17, 15) is 13.2 Å². The van der Waals surface area contributed by atoms with Gasteiger partial charge in [-0.05, 0) is 76.1 Å². The predicted octanol–water partition coefficient (Wildman–Crippen LogP) is 3.40. The predicted molar refractivity (Wildman–Crippen MR) is 119 cm³/mol. The molecule has 0 bridgehead atoms. The van der Waals surface area contributed by atoms with Gasteiger partial charge in [0, 0.05) is 37.4 Å². The van der Waals surface area contributed by atoms with Crippen molar-refractivity contribution in [1.82, 2.24) is 9.21 Å². The first kappa shape index (κ1) is 21.8. The molecule has 3 aliphatic rings. The molecule has 166 valence electrons. The van der Waals surface area contributed by atoms with Crippen LogP contribution >= 0.6 is 0 Å². The molecule has 0 aromatic heterocycles. The average molecular weight is 434 g/mol. The number of hydrogen-bond acceptors (Lipinski definition) is 4. The fourth-order valence-electron chi connectivity index (χ4n) is 5.28. The highest BCUT2D eigenvalue weighted by Gasteiger charge is 2.32. The zero-order valence-electron chi connectivity index (χ0n) is 18.3. The Morgan fingerprint density at radius 1 is 1.07 bits per heavy atom. The molecule has 30 heavy (non-hydrogen) atoms. The number of nitrogens with zero attached hydrogens (tertiary/aromatic N) is 3. The minimum absolute atomic E-state index is 0.131. The van der Waals surface area contributed by atoms with Crippen molar-refractivity contribution in [1.29, 1.82) is 0 Å². The molecule has 1 saturated heterocycles. The highest BCUT2D eigenvalue weighted by atomic mass is 32.2. The van der Waals surface area contributed by atoms with Crippen molar-refractivity contribution in [2.45, 2.75) is 82.2 Å². The maximum absolute atomic E-state index is 13.3. The topological polar surface area (TPSA) is 60.9 Å². The average Bonchev–Trinajstić information content (AvgIpc) is 3.45. The Kier molecular flexibility index (Phi) is 6.51. The van der Waals surface area contributed by atoms with Gasteiger partial charge in [-0.25, -0.2) is 8.42 Å². The standard InChI is InChI=1S/C23H35N3O3S/c1-18(2)26(20-9-3-4-10-20)17-23(27)25-15-7-8-19-16-21(11-12-22(19)25)30(28,29)24-13-5-6-14-24/h11-12,16,18,20H,3-10,13-15,17H2,1-2H3. The monoisotopic (exact) mass is 433 g/mol. The van der Waals surface area contributed by atoms with Crippen LogP contribution < -0.4 is 4.90 Å². The second-order valence-electron chi connectivity index (χ2n) is 9.26. The van der Waals surface area contributed by atoms with Gasteiger partial charge in [0.05, 0.1) is 11.4 Å². The van der Waals surface area contributed by atoms with Crippen LogP contribution in [0.5, 0.6) is 0 Å². The Bertz CT molecular complexity index is 872. The zero-order chi connectivity index (χ0) is 21.3. The largest absolute Gasteiger partial charge is 0.311 e. The molecular formula is C23H35N3O3S. The van der Waals surface area contributed by atoms with Gasteiger partial charge in [0.2, 0.25) is 15.9 Å². The number of sulfonamides is 1. The third kappa shape index (κ3) is 4.30. The minimum Gasteiger partial charge on any atom is -0.311 e. The van der Waals surface area contributed by atoms with Crippen molar-refractivity contribution in [3.05, 3.63) is 23.8 Å². The molecule has 7 heteroatoms. The molecule has 1 aliphatic carbocycles. The zero-order valence-corrected chi connectivity index (χ0v) is 19.2.